The fraction of sp³-hybridized carbons (Fsp3) is 0.571. The van der Waals surface area contributed by atoms with Gasteiger partial charge in [-0.05, 0) is 59.2 Å². The maximum Gasteiger partial charge on any atom is 0.119 e. The van der Waals surface area contributed by atoms with Gasteiger partial charge in [-0.15, -0.1) is 0 Å². The Hall–Kier alpha value is -1.85. The zero-order valence-electron chi connectivity index (χ0n) is 17.0. The van der Waals surface area contributed by atoms with Gasteiger partial charge in [0.1, 0.15) is 5.75 Å². The van der Waals surface area contributed by atoms with E-state index < -0.39 is 0 Å². The van der Waals surface area contributed by atoms with Crippen molar-refractivity contribution >= 4 is 0 Å². The minimum absolute atomic E-state index is 0.0409. The SMILES string of the molecule is CCOc1cccc(CN(CCO)Cc2c(C)nn(C(C)(C)C)c2C)c1. The average molecular weight is 360 g/mol. The van der Waals surface area contributed by atoms with Gasteiger partial charge in [-0.25, -0.2) is 0 Å². The van der Waals surface area contributed by atoms with Crippen molar-refractivity contribution in [2.24, 2.45) is 0 Å². The normalized spacial score (nSPS) is 12.0. The third kappa shape index (κ3) is 5.08. The van der Waals surface area contributed by atoms with Crippen molar-refractivity contribution in [2.75, 3.05) is 19.8 Å². The van der Waals surface area contributed by atoms with E-state index in [0.717, 1.165) is 24.5 Å². The molecule has 5 nitrogen and oxygen atoms in total. The van der Waals surface area contributed by atoms with E-state index in [0.29, 0.717) is 13.2 Å². The summed E-state index contributed by atoms with van der Waals surface area (Å²) in [5, 5.41) is 14.3. The number of hydrogen-bond acceptors (Lipinski definition) is 4. The van der Waals surface area contributed by atoms with Crippen molar-refractivity contribution in [3.8, 4) is 5.75 Å². The summed E-state index contributed by atoms with van der Waals surface area (Å²) in [6.45, 7) is 15.6. The Bertz CT molecular complexity index is 717. The molecule has 2 rings (SSSR count). The van der Waals surface area contributed by atoms with E-state index in [-0.39, 0.29) is 12.1 Å². The van der Waals surface area contributed by atoms with Crippen molar-refractivity contribution in [3.63, 3.8) is 0 Å². The van der Waals surface area contributed by atoms with Gasteiger partial charge in [-0.3, -0.25) is 9.58 Å². The van der Waals surface area contributed by atoms with Gasteiger partial charge in [0.2, 0.25) is 0 Å². The van der Waals surface area contributed by atoms with Crippen LogP contribution in [0, 0.1) is 13.8 Å². The standard InChI is InChI=1S/C21H33N3O2/c1-7-26-19-10-8-9-18(13-19)14-23(11-12-25)15-20-16(2)22-24(17(20)3)21(4,5)6/h8-10,13,25H,7,11-12,14-15H2,1-6H3. The zero-order chi connectivity index (χ0) is 19.3. The van der Waals surface area contributed by atoms with Gasteiger partial charge >= 0.3 is 0 Å². The maximum atomic E-state index is 9.52. The Labute approximate surface area is 157 Å². The Kier molecular flexibility index (Phi) is 6.84. The lowest BCUT2D eigenvalue weighted by Crippen LogP contribution is -2.27. The first-order valence-corrected chi connectivity index (χ1v) is 9.36. The van der Waals surface area contributed by atoms with E-state index in [1.165, 1.54) is 16.8 Å². The van der Waals surface area contributed by atoms with E-state index in [1.54, 1.807) is 0 Å². The van der Waals surface area contributed by atoms with Crippen LogP contribution in [0.3, 0.4) is 0 Å². The molecule has 0 aliphatic carbocycles. The second-order valence-electron chi connectivity index (χ2n) is 7.75. The quantitative estimate of drug-likeness (QED) is 0.782. The Morgan fingerprint density at radius 1 is 1.19 bits per heavy atom. The minimum Gasteiger partial charge on any atom is -0.494 e. The highest BCUT2D eigenvalue weighted by molar-refractivity contribution is 5.29. The molecule has 0 aliphatic heterocycles. The number of aryl methyl sites for hydroxylation is 1. The highest BCUT2D eigenvalue weighted by Gasteiger charge is 2.22. The molecule has 0 radical (unpaired) electrons. The van der Waals surface area contributed by atoms with E-state index in [4.69, 9.17) is 9.84 Å². The summed E-state index contributed by atoms with van der Waals surface area (Å²) in [5.41, 5.74) is 4.64. The van der Waals surface area contributed by atoms with Crippen molar-refractivity contribution < 1.29 is 9.84 Å². The second-order valence-corrected chi connectivity index (χ2v) is 7.75. The maximum absolute atomic E-state index is 9.52. The number of aliphatic hydroxyl groups is 1. The zero-order valence-corrected chi connectivity index (χ0v) is 17.0. The fourth-order valence-corrected chi connectivity index (χ4v) is 3.29. The first-order valence-electron chi connectivity index (χ1n) is 9.36. The summed E-state index contributed by atoms with van der Waals surface area (Å²) in [6, 6.07) is 8.17. The summed E-state index contributed by atoms with van der Waals surface area (Å²) < 4.78 is 7.71. The minimum atomic E-state index is -0.0409. The van der Waals surface area contributed by atoms with Crippen molar-refractivity contribution in [2.45, 2.75) is 60.2 Å². The van der Waals surface area contributed by atoms with Crippen LogP contribution in [-0.4, -0.2) is 39.5 Å². The van der Waals surface area contributed by atoms with Crippen LogP contribution in [0.5, 0.6) is 5.75 Å². The summed E-state index contributed by atoms with van der Waals surface area (Å²) in [6.07, 6.45) is 0. The lowest BCUT2D eigenvalue weighted by Gasteiger charge is -2.24. The summed E-state index contributed by atoms with van der Waals surface area (Å²) in [5.74, 6) is 0.891. The monoisotopic (exact) mass is 359 g/mol. The number of benzene rings is 1. The highest BCUT2D eigenvalue weighted by atomic mass is 16.5. The molecule has 0 bridgehead atoms. The molecule has 0 fully saturated rings. The summed E-state index contributed by atoms with van der Waals surface area (Å²) in [4.78, 5) is 2.26. The van der Waals surface area contributed by atoms with Crippen LogP contribution in [0.15, 0.2) is 24.3 Å². The van der Waals surface area contributed by atoms with Crippen LogP contribution in [0.4, 0.5) is 0 Å². The van der Waals surface area contributed by atoms with Gasteiger partial charge in [0.15, 0.2) is 0 Å². The second kappa shape index (κ2) is 8.69. The van der Waals surface area contributed by atoms with E-state index in [2.05, 4.69) is 56.3 Å². The molecule has 0 amide bonds. The predicted molar refractivity (Wildman–Crippen MR) is 106 cm³/mol. The van der Waals surface area contributed by atoms with E-state index >= 15 is 0 Å². The largest absolute Gasteiger partial charge is 0.494 e. The van der Waals surface area contributed by atoms with Crippen LogP contribution >= 0.6 is 0 Å². The smallest absolute Gasteiger partial charge is 0.119 e. The molecule has 144 valence electrons. The Morgan fingerprint density at radius 2 is 1.92 bits per heavy atom. The molecule has 1 heterocycles. The van der Waals surface area contributed by atoms with Gasteiger partial charge in [0, 0.05) is 30.9 Å². The molecule has 0 atom stereocenters. The average Bonchev–Trinajstić information content (AvgIpc) is 2.84. The molecule has 0 saturated carbocycles. The first kappa shape index (κ1) is 20.5. The van der Waals surface area contributed by atoms with Crippen LogP contribution in [-0.2, 0) is 18.6 Å². The first-order chi connectivity index (χ1) is 12.3. The molecule has 2 aromatic rings. The van der Waals surface area contributed by atoms with Crippen LogP contribution < -0.4 is 4.74 Å². The van der Waals surface area contributed by atoms with E-state index in [9.17, 15) is 5.11 Å². The van der Waals surface area contributed by atoms with Gasteiger partial charge in [0.05, 0.1) is 24.4 Å². The molecule has 1 aromatic heterocycles. The number of rotatable bonds is 8. The molecule has 26 heavy (non-hydrogen) atoms. The lowest BCUT2D eigenvalue weighted by atomic mass is 10.1. The molecule has 0 aliphatic rings. The van der Waals surface area contributed by atoms with Crippen molar-refractivity contribution in [1.29, 1.82) is 0 Å². The molecule has 1 N–H and O–H groups in total. The van der Waals surface area contributed by atoms with Crippen LogP contribution in [0.25, 0.3) is 0 Å². The molecule has 1 aromatic carbocycles. The number of ether oxygens (including phenoxy) is 1. The molecular formula is C21H33N3O2. The van der Waals surface area contributed by atoms with Crippen LogP contribution in [0.1, 0.15) is 50.2 Å². The van der Waals surface area contributed by atoms with Gasteiger partial charge in [0.25, 0.3) is 0 Å². The van der Waals surface area contributed by atoms with Crippen LogP contribution in [0.2, 0.25) is 0 Å². The lowest BCUT2D eigenvalue weighted by molar-refractivity contribution is 0.183. The Morgan fingerprint density at radius 3 is 2.50 bits per heavy atom. The van der Waals surface area contributed by atoms with Crippen molar-refractivity contribution in [1.82, 2.24) is 14.7 Å². The molecule has 0 saturated heterocycles. The van der Waals surface area contributed by atoms with Gasteiger partial charge in [-0.2, -0.15) is 5.10 Å². The number of aromatic nitrogens is 2. The fourth-order valence-electron chi connectivity index (χ4n) is 3.29. The van der Waals surface area contributed by atoms with Gasteiger partial charge in [-0.1, -0.05) is 12.1 Å². The third-order valence-electron chi connectivity index (χ3n) is 4.49. The Balaban J connectivity index is 2.21. The highest BCUT2D eigenvalue weighted by Crippen LogP contribution is 2.23. The van der Waals surface area contributed by atoms with E-state index in [1.807, 2.05) is 19.1 Å². The van der Waals surface area contributed by atoms with Gasteiger partial charge < -0.3 is 9.84 Å². The molecular weight excluding hydrogens is 326 g/mol. The summed E-state index contributed by atoms with van der Waals surface area (Å²) >= 11 is 0. The topological polar surface area (TPSA) is 50.5 Å². The summed E-state index contributed by atoms with van der Waals surface area (Å²) in [7, 11) is 0. The molecule has 0 unspecified atom stereocenters. The number of aliphatic hydroxyl groups excluding tert-OH is 1. The third-order valence-corrected chi connectivity index (χ3v) is 4.49. The van der Waals surface area contributed by atoms with Crippen molar-refractivity contribution in [3.05, 3.63) is 46.8 Å². The molecule has 0 spiro atoms. The number of nitrogens with zero attached hydrogens (tertiary/aromatic N) is 3. The number of hydrogen-bond donors (Lipinski definition) is 1. The molecule has 5 heteroatoms. The predicted octanol–water partition coefficient (Wildman–Crippen LogP) is 3.65.